The molecule has 9 nitrogen and oxygen atoms in total. The molecule has 6 bridgehead atoms. The Morgan fingerprint density at radius 3 is 2.94 bits per heavy atom. The van der Waals surface area contributed by atoms with E-state index >= 15 is 0 Å². The fourth-order valence-corrected chi connectivity index (χ4v) is 3.92. The topological polar surface area (TPSA) is 103 Å². The molecule has 2 atom stereocenters. The summed E-state index contributed by atoms with van der Waals surface area (Å²) in [6.45, 7) is 7.11. The first-order valence-corrected chi connectivity index (χ1v) is 10.7. The second-order valence-electron chi connectivity index (χ2n) is 9.02. The molecule has 1 fully saturated rings. The van der Waals surface area contributed by atoms with Crippen molar-refractivity contribution in [1.29, 1.82) is 0 Å². The van der Waals surface area contributed by atoms with E-state index in [0.29, 0.717) is 37.6 Å². The van der Waals surface area contributed by atoms with E-state index in [-0.39, 0.29) is 30.0 Å². The summed E-state index contributed by atoms with van der Waals surface area (Å²) in [5.74, 6) is 0.735. The highest BCUT2D eigenvalue weighted by molar-refractivity contribution is 5.67. The van der Waals surface area contributed by atoms with Gasteiger partial charge in [0.05, 0.1) is 17.4 Å². The summed E-state index contributed by atoms with van der Waals surface area (Å²) in [5.41, 5.74) is 0.562. The molecule has 0 saturated heterocycles. The van der Waals surface area contributed by atoms with Crippen molar-refractivity contribution in [3.63, 3.8) is 0 Å². The van der Waals surface area contributed by atoms with E-state index in [9.17, 15) is 9.18 Å². The van der Waals surface area contributed by atoms with Gasteiger partial charge in [0.1, 0.15) is 18.5 Å². The second kappa shape index (κ2) is 8.78. The minimum atomic E-state index is -0.543. The van der Waals surface area contributed by atoms with Crippen LogP contribution in [0, 0.1) is 5.82 Å². The quantitative estimate of drug-likeness (QED) is 0.656. The lowest BCUT2D eigenvalue weighted by molar-refractivity contribution is 0.0951. The van der Waals surface area contributed by atoms with E-state index in [1.165, 1.54) is 0 Å². The number of anilines is 2. The van der Waals surface area contributed by atoms with Crippen LogP contribution in [-0.4, -0.2) is 45.1 Å². The predicted octanol–water partition coefficient (Wildman–Crippen LogP) is 3.59. The Bertz CT molecular complexity index is 942. The summed E-state index contributed by atoms with van der Waals surface area (Å²) in [5, 5.41) is 10.7. The van der Waals surface area contributed by atoms with Crippen LogP contribution in [-0.2, 0) is 21.6 Å². The number of halogens is 1. The largest absolute Gasteiger partial charge is 0.446 e. The third kappa shape index (κ3) is 5.12. The van der Waals surface area contributed by atoms with Gasteiger partial charge in [-0.2, -0.15) is 5.10 Å². The Kier molecular flexibility index (Phi) is 6.08. The molecule has 2 N–H and O–H groups in total. The fraction of sp³-hybridized carbons (Fsp3) is 0.619. The molecule has 2 aromatic heterocycles. The van der Waals surface area contributed by atoms with Crippen LogP contribution in [0.15, 0.2) is 12.3 Å². The number of carbonyl (C=O) groups is 1. The lowest BCUT2D eigenvalue weighted by Crippen LogP contribution is -2.29. The number of amides is 1. The summed E-state index contributed by atoms with van der Waals surface area (Å²) < 4.78 is 27.4. The molecule has 1 saturated carbocycles. The highest BCUT2D eigenvalue weighted by atomic mass is 19.1. The molecule has 2 aromatic rings. The van der Waals surface area contributed by atoms with Gasteiger partial charge in [0, 0.05) is 25.1 Å². The van der Waals surface area contributed by atoms with Gasteiger partial charge in [-0.1, -0.05) is 0 Å². The molecule has 0 spiro atoms. The normalized spacial score (nSPS) is 22.6. The van der Waals surface area contributed by atoms with Crippen molar-refractivity contribution >= 4 is 17.7 Å². The van der Waals surface area contributed by atoms with Crippen molar-refractivity contribution in [3.05, 3.63) is 29.6 Å². The van der Waals surface area contributed by atoms with Crippen molar-refractivity contribution in [1.82, 2.24) is 25.1 Å². The van der Waals surface area contributed by atoms with Crippen molar-refractivity contribution in [2.45, 2.75) is 70.6 Å². The van der Waals surface area contributed by atoms with Gasteiger partial charge in [-0.05, 0) is 46.5 Å². The van der Waals surface area contributed by atoms with Crippen molar-refractivity contribution in [3.8, 4) is 0 Å². The number of carbonyl (C=O) groups excluding carboxylic acids is 1. The van der Waals surface area contributed by atoms with Crippen LogP contribution in [0.4, 0.5) is 20.8 Å². The van der Waals surface area contributed by atoms with Gasteiger partial charge in [-0.25, -0.2) is 23.8 Å². The van der Waals surface area contributed by atoms with Gasteiger partial charge in [0.25, 0.3) is 0 Å². The number of nitrogens with one attached hydrogen (secondary N) is 2. The molecule has 0 radical (unpaired) electrons. The maximum atomic E-state index is 14.5. The molecule has 1 aliphatic carbocycles. The van der Waals surface area contributed by atoms with Gasteiger partial charge in [0.15, 0.2) is 17.5 Å². The first-order valence-electron chi connectivity index (χ1n) is 10.7. The molecule has 168 valence electrons. The maximum absolute atomic E-state index is 14.5. The molecule has 10 heteroatoms. The molecule has 3 heterocycles. The minimum Gasteiger partial charge on any atom is -0.446 e. The maximum Gasteiger partial charge on any atom is 0.407 e. The van der Waals surface area contributed by atoms with Crippen molar-refractivity contribution < 1.29 is 18.7 Å². The van der Waals surface area contributed by atoms with Gasteiger partial charge in [-0.3, -0.25) is 0 Å². The first-order chi connectivity index (χ1) is 14.8. The molecule has 4 rings (SSSR count). The first kappa shape index (κ1) is 21.5. The minimum absolute atomic E-state index is 0.0894. The summed E-state index contributed by atoms with van der Waals surface area (Å²) in [4.78, 5) is 20.4. The second-order valence-corrected chi connectivity index (χ2v) is 9.02. The average molecular weight is 433 g/mol. The van der Waals surface area contributed by atoms with Crippen molar-refractivity contribution in [2.24, 2.45) is 0 Å². The molecule has 0 unspecified atom stereocenters. The number of hydrogen-bond donors (Lipinski definition) is 2. The number of hydrogen-bond acceptors (Lipinski definition) is 7. The third-order valence-electron chi connectivity index (χ3n) is 5.45. The number of alkyl carbamates (subject to hydrolysis) is 1. The highest BCUT2D eigenvalue weighted by Gasteiger charge is 2.32. The number of fused-ring (bicyclic) bond motifs is 7. The van der Waals surface area contributed by atoms with Crippen LogP contribution >= 0.6 is 0 Å². The molecule has 1 aliphatic heterocycles. The Labute approximate surface area is 180 Å². The molecular weight excluding hydrogens is 403 g/mol. The summed E-state index contributed by atoms with van der Waals surface area (Å²) in [7, 11) is 0. The Hall–Kier alpha value is -2.75. The zero-order chi connectivity index (χ0) is 22.0. The fourth-order valence-electron chi connectivity index (χ4n) is 3.92. The van der Waals surface area contributed by atoms with Crippen LogP contribution in [0.5, 0.6) is 0 Å². The zero-order valence-electron chi connectivity index (χ0n) is 18.2. The van der Waals surface area contributed by atoms with E-state index in [0.717, 1.165) is 24.7 Å². The third-order valence-corrected chi connectivity index (χ3v) is 5.45. The zero-order valence-corrected chi connectivity index (χ0v) is 18.2. The standard InChI is InChI=1S/C21H29FN6O3/c1-21(2,3)28-18-10-16(27-28)13-5-6-14(9-13)31-20(29)23-7-4-8-30-12-17-24-11-15(22)19(25-17)26-18/h10-11,13-14H,4-9,12H2,1-3H3,(H,23,29)(H,24,25,26)/t13-,14+/m0/s1. The Morgan fingerprint density at radius 1 is 1.29 bits per heavy atom. The number of rotatable bonds is 0. The highest BCUT2D eigenvalue weighted by Crippen LogP contribution is 2.38. The van der Waals surface area contributed by atoms with E-state index in [4.69, 9.17) is 14.6 Å². The number of aromatic nitrogens is 4. The Morgan fingerprint density at radius 2 is 2.13 bits per heavy atom. The molecular formula is C21H29FN6O3. The van der Waals surface area contributed by atoms with Crippen LogP contribution < -0.4 is 10.6 Å². The van der Waals surface area contributed by atoms with Gasteiger partial charge in [-0.15, -0.1) is 0 Å². The van der Waals surface area contributed by atoms with Crippen LogP contribution in [0.1, 0.15) is 63.9 Å². The van der Waals surface area contributed by atoms with Crippen molar-refractivity contribution in [2.75, 3.05) is 18.5 Å². The van der Waals surface area contributed by atoms with Gasteiger partial charge in [0.2, 0.25) is 0 Å². The predicted molar refractivity (Wildman–Crippen MR) is 112 cm³/mol. The monoisotopic (exact) mass is 432 g/mol. The summed E-state index contributed by atoms with van der Waals surface area (Å²) in [6, 6.07) is 1.93. The van der Waals surface area contributed by atoms with E-state index in [1.807, 2.05) is 31.5 Å². The smallest absolute Gasteiger partial charge is 0.407 e. The molecule has 0 aromatic carbocycles. The molecule has 31 heavy (non-hydrogen) atoms. The lowest BCUT2D eigenvalue weighted by Gasteiger charge is -2.22. The molecule has 1 amide bonds. The average Bonchev–Trinajstić information content (AvgIpc) is 3.33. The van der Waals surface area contributed by atoms with Crippen LogP contribution in [0.2, 0.25) is 0 Å². The SMILES string of the molecule is CC(C)(C)n1nc2cc1Nc1nc(ncc1F)COCCCNC(=O)O[C@@H]1CC[C@H]2C1. The number of nitrogens with zero attached hydrogens (tertiary/aromatic N) is 4. The van der Waals surface area contributed by atoms with E-state index in [2.05, 4.69) is 20.6 Å². The van der Waals surface area contributed by atoms with Crippen LogP contribution in [0.3, 0.4) is 0 Å². The number of ether oxygens (including phenoxy) is 2. The summed E-state index contributed by atoms with van der Waals surface area (Å²) >= 11 is 0. The van der Waals surface area contributed by atoms with Crippen LogP contribution in [0.25, 0.3) is 0 Å². The lowest BCUT2D eigenvalue weighted by atomic mass is 10.0. The summed E-state index contributed by atoms with van der Waals surface area (Å²) in [6.07, 6.45) is 3.60. The van der Waals surface area contributed by atoms with Gasteiger partial charge < -0.3 is 20.1 Å². The van der Waals surface area contributed by atoms with E-state index in [1.54, 1.807) is 0 Å². The Balaban J connectivity index is 1.67. The van der Waals surface area contributed by atoms with E-state index < -0.39 is 11.9 Å². The van der Waals surface area contributed by atoms with Gasteiger partial charge >= 0.3 is 6.09 Å². The molecule has 2 aliphatic rings.